The van der Waals surface area contributed by atoms with E-state index in [0.717, 1.165) is 77.3 Å². The highest BCUT2D eigenvalue weighted by Gasteiger charge is 2.15. The number of nitrogens with zero attached hydrogens (tertiary/aromatic N) is 1. The van der Waals surface area contributed by atoms with Crippen molar-refractivity contribution in [3.8, 4) is 0 Å². The van der Waals surface area contributed by atoms with Gasteiger partial charge in [0.15, 0.2) is 0 Å². The van der Waals surface area contributed by atoms with Crippen LogP contribution in [0, 0.1) is 0 Å². The molecule has 6 nitrogen and oxygen atoms in total. The molecule has 0 aliphatic heterocycles. The lowest BCUT2D eigenvalue weighted by Gasteiger charge is -2.21. The first kappa shape index (κ1) is 44.9. The lowest BCUT2D eigenvalue weighted by Crippen LogP contribution is -2.29. The second-order valence-corrected chi connectivity index (χ2v) is 13.9. The Kier molecular flexibility index (Phi) is 34.3. The van der Waals surface area contributed by atoms with Gasteiger partial charge in [0.2, 0.25) is 0 Å². The van der Waals surface area contributed by atoms with Crippen molar-refractivity contribution in [3.63, 3.8) is 0 Å². The van der Waals surface area contributed by atoms with Crippen molar-refractivity contribution in [3.05, 3.63) is 0 Å². The van der Waals surface area contributed by atoms with E-state index in [4.69, 9.17) is 9.47 Å². The molecule has 0 saturated carbocycles. The predicted octanol–water partition coefficient (Wildman–Crippen LogP) is 11.1. The summed E-state index contributed by atoms with van der Waals surface area (Å²) >= 11 is 0. The van der Waals surface area contributed by atoms with Crippen molar-refractivity contribution >= 4 is 11.9 Å². The molecule has 2 atom stereocenters. The van der Waals surface area contributed by atoms with Crippen LogP contribution in [0.1, 0.15) is 207 Å². The summed E-state index contributed by atoms with van der Waals surface area (Å²) in [4.78, 5) is 27.2. The number of unbranched alkanes of at least 4 members (excludes halogenated alkanes) is 18. The van der Waals surface area contributed by atoms with Gasteiger partial charge >= 0.3 is 11.9 Å². The van der Waals surface area contributed by atoms with Gasteiger partial charge in [-0.05, 0) is 77.8 Å². The smallest absolute Gasteiger partial charge is 0.306 e. The Bertz CT molecular complexity index is 658. The fraction of sp³-hybridized carbons (Fsp3) is 0.950. The van der Waals surface area contributed by atoms with Crippen LogP contribution in [0.15, 0.2) is 0 Å². The minimum Gasteiger partial charge on any atom is -0.463 e. The van der Waals surface area contributed by atoms with Gasteiger partial charge < -0.3 is 19.5 Å². The van der Waals surface area contributed by atoms with Crippen LogP contribution in [0.25, 0.3) is 0 Å². The van der Waals surface area contributed by atoms with Crippen molar-refractivity contribution < 1.29 is 24.2 Å². The Labute approximate surface area is 286 Å². The number of hydrogen-bond acceptors (Lipinski definition) is 6. The number of ether oxygens (including phenoxy) is 2. The largest absolute Gasteiger partial charge is 0.463 e. The first-order valence-electron chi connectivity index (χ1n) is 20.2. The van der Waals surface area contributed by atoms with Crippen LogP contribution in [0.3, 0.4) is 0 Å². The summed E-state index contributed by atoms with van der Waals surface area (Å²) in [6.45, 7) is 11.3. The van der Waals surface area contributed by atoms with Crippen molar-refractivity contribution in [2.45, 2.75) is 220 Å². The summed E-state index contributed by atoms with van der Waals surface area (Å²) in [7, 11) is 0. The van der Waals surface area contributed by atoms with E-state index in [-0.39, 0.29) is 30.8 Å². The minimum absolute atomic E-state index is 0.000861. The van der Waals surface area contributed by atoms with E-state index in [2.05, 4.69) is 25.7 Å². The molecule has 46 heavy (non-hydrogen) atoms. The summed E-state index contributed by atoms with van der Waals surface area (Å²) in [6, 6.07) is 0. The first-order chi connectivity index (χ1) is 22.5. The second kappa shape index (κ2) is 35.2. The number of hydrogen-bond donors (Lipinski definition) is 1. The fourth-order valence-electron chi connectivity index (χ4n) is 6.25. The maximum Gasteiger partial charge on any atom is 0.306 e. The Morgan fingerprint density at radius 3 is 1.46 bits per heavy atom. The Hall–Kier alpha value is -1.14. The highest BCUT2D eigenvalue weighted by molar-refractivity contribution is 5.69. The van der Waals surface area contributed by atoms with E-state index in [0.29, 0.717) is 19.4 Å². The van der Waals surface area contributed by atoms with E-state index in [1.807, 2.05) is 6.92 Å². The molecule has 1 N–H and O–H groups in total. The molecule has 0 radical (unpaired) electrons. The Morgan fingerprint density at radius 2 is 0.913 bits per heavy atom. The van der Waals surface area contributed by atoms with Crippen LogP contribution in [-0.2, 0) is 19.1 Å². The molecule has 0 fully saturated rings. The zero-order valence-corrected chi connectivity index (χ0v) is 31.3. The van der Waals surface area contributed by atoms with Gasteiger partial charge in [0.05, 0.1) is 12.7 Å². The van der Waals surface area contributed by atoms with Crippen LogP contribution in [0.5, 0.6) is 0 Å². The van der Waals surface area contributed by atoms with Crippen LogP contribution < -0.4 is 0 Å². The van der Waals surface area contributed by atoms with Crippen molar-refractivity contribution in [2.24, 2.45) is 0 Å². The summed E-state index contributed by atoms with van der Waals surface area (Å²) in [5, 5.41) is 9.50. The Balaban J connectivity index is 4.09. The van der Waals surface area contributed by atoms with Gasteiger partial charge in [-0.15, -0.1) is 0 Å². The number of carbonyl (C=O) groups is 2. The number of carbonyl (C=O) groups excluding carboxylic acids is 2. The molecular weight excluding hydrogens is 574 g/mol. The second-order valence-electron chi connectivity index (χ2n) is 13.9. The minimum atomic E-state index is -0.0957. The molecule has 0 aromatic carbocycles. The molecule has 0 spiro atoms. The predicted molar refractivity (Wildman–Crippen MR) is 195 cm³/mol. The Morgan fingerprint density at radius 1 is 0.500 bits per heavy atom. The van der Waals surface area contributed by atoms with E-state index in [9.17, 15) is 14.7 Å². The van der Waals surface area contributed by atoms with Gasteiger partial charge in [0.25, 0.3) is 0 Å². The number of rotatable bonds is 36. The van der Waals surface area contributed by atoms with Crippen LogP contribution >= 0.6 is 0 Å². The summed E-state index contributed by atoms with van der Waals surface area (Å²) in [5.41, 5.74) is 0. The highest BCUT2D eigenvalue weighted by Crippen LogP contribution is 2.18. The van der Waals surface area contributed by atoms with Crippen LogP contribution in [-0.4, -0.2) is 60.4 Å². The summed E-state index contributed by atoms with van der Waals surface area (Å²) in [5.74, 6) is -0.101. The van der Waals surface area contributed by atoms with Crippen molar-refractivity contribution in [1.82, 2.24) is 4.90 Å². The number of aliphatic hydroxyl groups is 1. The molecule has 0 aliphatic carbocycles. The molecule has 6 heteroatoms. The van der Waals surface area contributed by atoms with Crippen LogP contribution in [0.2, 0.25) is 0 Å². The number of aliphatic hydroxyl groups excluding tert-OH is 1. The maximum atomic E-state index is 12.6. The lowest BCUT2D eigenvalue weighted by atomic mass is 10.0. The molecule has 0 aromatic heterocycles. The standard InChI is InChI=1S/C40H79NO5/c1-5-8-11-14-18-22-28-37(4)45-39(43)32-27-34-41(35-36-42)33-26-21-16-20-25-31-40(44)46-38(29-23-17-13-10-7-3)30-24-19-15-12-9-6-2/h37-38,42H,5-36H2,1-4H3. The molecule has 0 saturated heterocycles. The lowest BCUT2D eigenvalue weighted by molar-refractivity contribution is -0.150. The first-order valence-corrected chi connectivity index (χ1v) is 20.2. The van der Waals surface area contributed by atoms with E-state index < -0.39 is 0 Å². The third kappa shape index (κ3) is 31.5. The topological polar surface area (TPSA) is 76.1 Å². The molecule has 0 bridgehead atoms. The molecule has 2 unspecified atom stereocenters. The molecule has 0 aliphatic rings. The van der Waals surface area contributed by atoms with Gasteiger partial charge in [0.1, 0.15) is 6.10 Å². The quantitative estimate of drug-likeness (QED) is 0.0535. The number of esters is 2. The third-order valence-electron chi connectivity index (χ3n) is 9.23. The third-order valence-corrected chi connectivity index (χ3v) is 9.23. The average Bonchev–Trinajstić information content (AvgIpc) is 3.03. The normalized spacial score (nSPS) is 12.8. The average molecular weight is 654 g/mol. The monoisotopic (exact) mass is 654 g/mol. The van der Waals surface area contributed by atoms with Gasteiger partial charge in [0, 0.05) is 19.4 Å². The van der Waals surface area contributed by atoms with Gasteiger partial charge in [-0.25, -0.2) is 0 Å². The van der Waals surface area contributed by atoms with E-state index in [1.54, 1.807) is 0 Å². The molecule has 0 rings (SSSR count). The SMILES string of the molecule is CCCCCCCCC(C)OC(=O)CCCN(CCO)CCCCCCCC(=O)OC(CCCCCCC)CCCCCCCC. The molecule has 0 amide bonds. The summed E-state index contributed by atoms with van der Waals surface area (Å²) in [6.07, 6.45) is 31.6. The maximum absolute atomic E-state index is 12.6. The zero-order chi connectivity index (χ0) is 33.9. The molecule has 0 aromatic rings. The van der Waals surface area contributed by atoms with Gasteiger partial charge in [-0.3, -0.25) is 9.59 Å². The van der Waals surface area contributed by atoms with E-state index >= 15 is 0 Å². The van der Waals surface area contributed by atoms with E-state index in [1.165, 1.54) is 103 Å². The summed E-state index contributed by atoms with van der Waals surface area (Å²) < 4.78 is 11.6. The zero-order valence-electron chi connectivity index (χ0n) is 31.3. The van der Waals surface area contributed by atoms with Crippen molar-refractivity contribution in [1.29, 1.82) is 0 Å². The molecule has 0 heterocycles. The van der Waals surface area contributed by atoms with Gasteiger partial charge in [-0.1, -0.05) is 130 Å². The van der Waals surface area contributed by atoms with Gasteiger partial charge in [-0.2, -0.15) is 0 Å². The molecular formula is C40H79NO5. The highest BCUT2D eigenvalue weighted by atomic mass is 16.5. The van der Waals surface area contributed by atoms with Crippen LogP contribution in [0.4, 0.5) is 0 Å². The fourth-order valence-corrected chi connectivity index (χ4v) is 6.25. The van der Waals surface area contributed by atoms with Crippen molar-refractivity contribution in [2.75, 3.05) is 26.2 Å². The molecule has 274 valence electrons.